The van der Waals surface area contributed by atoms with E-state index in [1.165, 1.54) is 7.11 Å². The van der Waals surface area contributed by atoms with Crippen LogP contribution in [-0.2, 0) is 20.6 Å². The zero-order valence-corrected chi connectivity index (χ0v) is 14.2. The van der Waals surface area contributed by atoms with Gasteiger partial charge in [-0.15, -0.1) is 5.06 Å². The number of hydrogen-bond donors (Lipinski definition) is 1. The minimum absolute atomic E-state index is 0.163. The summed E-state index contributed by atoms with van der Waals surface area (Å²) < 4.78 is 32.7. The number of methoxy groups -OCH3 is 1. The number of amides is 1. The topological polar surface area (TPSA) is 108 Å². The maximum atomic E-state index is 12.1. The third-order valence-corrected chi connectivity index (χ3v) is 4.19. The summed E-state index contributed by atoms with van der Waals surface area (Å²) >= 11 is 0. The molecule has 2 aromatic carbocycles. The fraction of sp³-hybridized carbons (Fsp3) is 0.188. The van der Waals surface area contributed by atoms with Crippen LogP contribution in [0.25, 0.3) is 0 Å². The van der Waals surface area contributed by atoms with E-state index in [0.717, 1.165) is 5.06 Å². The van der Waals surface area contributed by atoms with Crippen molar-refractivity contribution in [2.75, 3.05) is 18.8 Å². The maximum absolute atomic E-state index is 12.1. The van der Waals surface area contributed by atoms with Crippen LogP contribution in [0.2, 0.25) is 0 Å². The predicted octanol–water partition coefficient (Wildman–Crippen LogP) is 1.20. The molecule has 1 aliphatic rings. The summed E-state index contributed by atoms with van der Waals surface area (Å²) in [6, 6.07) is 11.3. The first-order chi connectivity index (χ1) is 11.9. The van der Waals surface area contributed by atoms with Crippen molar-refractivity contribution >= 4 is 21.6 Å². The smallest absolute Gasteiger partial charge is 0.297 e. The van der Waals surface area contributed by atoms with Crippen LogP contribution in [0.15, 0.2) is 42.5 Å². The van der Waals surface area contributed by atoms with Gasteiger partial charge in [-0.1, -0.05) is 12.1 Å². The second kappa shape index (κ2) is 6.61. The first-order valence-corrected chi connectivity index (χ1v) is 8.98. The third kappa shape index (κ3) is 4.01. The monoisotopic (exact) mass is 364 g/mol. The molecule has 9 heteroatoms. The van der Waals surface area contributed by atoms with Crippen molar-refractivity contribution in [1.82, 2.24) is 0 Å². The lowest BCUT2D eigenvalue weighted by molar-refractivity contribution is -0.125. The highest BCUT2D eigenvalue weighted by atomic mass is 32.2. The van der Waals surface area contributed by atoms with Crippen LogP contribution >= 0.6 is 0 Å². The predicted molar refractivity (Wildman–Crippen MR) is 89.9 cm³/mol. The van der Waals surface area contributed by atoms with Crippen LogP contribution < -0.4 is 24.5 Å². The number of primary sulfonamides is 1. The fourth-order valence-electron chi connectivity index (χ4n) is 2.32. The third-order valence-electron chi connectivity index (χ3n) is 3.45. The van der Waals surface area contributed by atoms with Crippen LogP contribution in [0.3, 0.4) is 0 Å². The normalized spacial score (nSPS) is 13.8. The van der Waals surface area contributed by atoms with E-state index in [9.17, 15) is 13.2 Å². The van der Waals surface area contributed by atoms with Crippen molar-refractivity contribution in [3.8, 4) is 17.2 Å². The molecule has 1 aliphatic heterocycles. The Balaban J connectivity index is 1.82. The van der Waals surface area contributed by atoms with Gasteiger partial charge in [0.25, 0.3) is 5.91 Å². The second-order valence-corrected chi connectivity index (χ2v) is 6.97. The molecular weight excluding hydrogens is 348 g/mol. The molecule has 0 spiro atoms. The van der Waals surface area contributed by atoms with Gasteiger partial charge in [-0.05, 0) is 29.8 Å². The number of sulfonamides is 1. The fourth-order valence-corrected chi connectivity index (χ4v) is 2.98. The molecule has 0 bridgehead atoms. The molecule has 2 aromatic rings. The molecule has 0 radical (unpaired) electrons. The van der Waals surface area contributed by atoms with Crippen molar-refractivity contribution in [3.63, 3.8) is 0 Å². The van der Waals surface area contributed by atoms with Crippen LogP contribution in [0, 0.1) is 0 Å². The van der Waals surface area contributed by atoms with E-state index in [0.29, 0.717) is 28.5 Å². The zero-order valence-electron chi connectivity index (χ0n) is 13.3. The van der Waals surface area contributed by atoms with Gasteiger partial charge in [0.05, 0.1) is 12.9 Å². The molecule has 1 amide bonds. The summed E-state index contributed by atoms with van der Waals surface area (Å²) in [5, 5.41) is 6.15. The molecule has 25 heavy (non-hydrogen) atoms. The van der Waals surface area contributed by atoms with Crippen LogP contribution in [-0.4, -0.2) is 28.0 Å². The number of anilines is 1. The van der Waals surface area contributed by atoms with Gasteiger partial charge >= 0.3 is 0 Å². The summed E-state index contributed by atoms with van der Waals surface area (Å²) in [4.78, 5) is 17.8. The van der Waals surface area contributed by atoms with E-state index in [-0.39, 0.29) is 18.3 Å². The van der Waals surface area contributed by atoms with E-state index in [1.807, 2.05) is 0 Å². The number of rotatable bonds is 5. The molecule has 0 aliphatic carbocycles. The average molecular weight is 364 g/mol. The van der Waals surface area contributed by atoms with E-state index < -0.39 is 10.0 Å². The van der Waals surface area contributed by atoms with Crippen molar-refractivity contribution in [2.24, 2.45) is 5.14 Å². The standard InChI is InChI=1S/C16H16N2O6S/c1-22-13-6-7-14-15(8-13)23-9-16(19)18(14)24-12-4-2-11(3-5-12)10-25(17,20)21/h2-8H,9-10H2,1H3,(H2,17,20,21). The Morgan fingerprint density at radius 1 is 1.16 bits per heavy atom. The number of hydrogen-bond acceptors (Lipinski definition) is 6. The number of fused-ring (bicyclic) bond motifs is 1. The van der Waals surface area contributed by atoms with Crippen molar-refractivity contribution in [1.29, 1.82) is 0 Å². The molecule has 0 unspecified atom stereocenters. The highest BCUT2D eigenvalue weighted by Gasteiger charge is 2.28. The van der Waals surface area contributed by atoms with Crippen LogP contribution in [0.4, 0.5) is 5.69 Å². The lowest BCUT2D eigenvalue weighted by atomic mass is 10.2. The van der Waals surface area contributed by atoms with Gasteiger partial charge in [0.15, 0.2) is 18.1 Å². The lowest BCUT2D eigenvalue weighted by Gasteiger charge is -2.28. The van der Waals surface area contributed by atoms with Gasteiger partial charge < -0.3 is 14.3 Å². The van der Waals surface area contributed by atoms with Gasteiger partial charge in [-0.3, -0.25) is 4.79 Å². The molecule has 3 rings (SSSR count). The summed E-state index contributed by atoms with van der Waals surface area (Å²) in [7, 11) is -2.07. The Morgan fingerprint density at radius 3 is 2.48 bits per heavy atom. The Morgan fingerprint density at radius 2 is 1.84 bits per heavy atom. The Labute approximate surface area is 144 Å². The SMILES string of the molecule is COc1ccc2c(c1)OCC(=O)N2Oc1ccc(CS(N)(=O)=O)cc1. The molecule has 0 fully saturated rings. The first kappa shape index (κ1) is 17.1. The molecule has 0 aromatic heterocycles. The van der Waals surface area contributed by atoms with Crippen molar-refractivity contribution in [2.45, 2.75) is 5.75 Å². The van der Waals surface area contributed by atoms with Crippen LogP contribution in [0.5, 0.6) is 17.2 Å². The molecule has 0 atom stereocenters. The molecule has 2 N–H and O–H groups in total. The van der Waals surface area contributed by atoms with E-state index in [1.54, 1.807) is 42.5 Å². The van der Waals surface area contributed by atoms with Crippen molar-refractivity contribution in [3.05, 3.63) is 48.0 Å². The van der Waals surface area contributed by atoms with Gasteiger partial charge in [0.2, 0.25) is 10.0 Å². The Bertz CT molecular complexity index is 895. The average Bonchev–Trinajstić information content (AvgIpc) is 2.57. The molecule has 8 nitrogen and oxygen atoms in total. The summed E-state index contributed by atoms with van der Waals surface area (Å²) in [5.41, 5.74) is 0.971. The van der Waals surface area contributed by atoms with E-state index in [2.05, 4.69) is 0 Å². The summed E-state index contributed by atoms with van der Waals surface area (Å²) in [5.74, 6) is 0.790. The van der Waals surface area contributed by atoms with E-state index in [4.69, 9.17) is 19.5 Å². The maximum Gasteiger partial charge on any atom is 0.297 e. The second-order valence-electron chi connectivity index (χ2n) is 5.35. The minimum Gasteiger partial charge on any atom is -0.497 e. The van der Waals surface area contributed by atoms with E-state index >= 15 is 0 Å². The molecule has 1 heterocycles. The zero-order chi connectivity index (χ0) is 18.0. The Hall–Kier alpha value is -2.78. The number of benzene rings is 2. The Kier molecular flexibility index (Phi) is 4.51. The number of nitrogens with two attached hydrogens (primary N) is 1. The minimum atomic E-state index is -3.61. The van der Waals surface area contributed by atoms with Gasteiger partial charge in [-0.25, -0.2) is 13.6 Å². The van der Waals surface area contributed by atoms with Crippen molar-refractivity contribution < 1.29 is 27.5 Å². The quantitative estimate of drug-likeness (QED) is 0.854. The number of ether oxygens (including phenoxy) is 2. The number of nitrogens with zero attached hydrogens (tertiary/aromatic N) is 1. The van der Waals surface area contributed by atoms with Gasteiger partial charge in [-0.2, -0.15) is 0 Å². The highest BCUT2D eigenvalue weighted by molar-refractivity contribution is 7.88. The van der Waals surface area contributed by atoms with Crippen LogP contribution in [0.1, 0.15) is 5.56 Å². The number of carbonyl (C=O) groups excluding carboxylic acids is 1. The molecule has 132 valence electrons. The summed E-state index contributed by atoms with van der Waals surface area (Å²) in [6.45, 7) is -0.163. The van der Waals surface area contributed by atoms with Gasteiger partial charge in [0.1, 0.15) is 11.4 Å². The molecule has 0 saturated heterocycles. The lowest BCUT2D eigenvalue weighted by Crippen LogP contribution is -2.41. The summed E-state index contributed by atoms with van der Waals surface area (Å²) in [6.07, 6.45) is 0. The highest BCUT2D eigenvalue weighted by Crippen LogP contribution is 2.35. The molecule has 0 saturated carbocycles. The van der Waals surface area contributed by atoms with Gasteiger partial charge in [0, 0.05) is 6.07 Å². The largest absolute Gasteiger partial charge is 0.497 e. The first-order valence-electron chi connectivity index (χ1n) is 7.27. The number of carbonyl (C=O) groups is 1. The molecular formula is C16H16N2O6S. The number of hydroxylamine groups is 1.